The number of hydrogen-bond donors (Lipinski definition) is 2. The molecule has 29 heavy (non-hydrogen) atoms. The van der Waals surface area contributed by atoms with Crippen LogP contribution in [0.1, 0.15) is 26.1 Å². The summed E-state index contributed by atoms with van der Waals surface area (Å²) in [5.74, 6) is 1.53. The second kappa shape index (κ2) is 10.4. The SMILES string of the molecule is CCNC(=NCC(C)Oc1ccccc1F)NCCCc1nnc2ccccn12. The molecule has 1 unspecified atom stereocenters. The number of nitrogens with zero attached hydrogens (tertiary/aromatic N) is 4. The van der Waals surface area contributed by atoms with Crippen molar-refractivity contribution in [3.8, 4) is 5.75 Å². The molecule has 0 radical (unpaired) electrons. The van der Waals surface area contributed by atoms with Crippen LogP contribution in [0.5, 0.6) is 5.75 Å². The van der Waals surface area contributed by atoms with Gasteiger partial charge in [0.2, 0.25) is 0 Å². The van der Waals surface area contributed by atoms with Gasteiger partial charge in [-0.3, -0.25) is 4.40 Å². The van der Waals surface area contributed by atoms with Gasteiger partial charge in [-0.05, 0) is 44.5 Å². The van der Waals surface area contributed by atoms with Crippen molar-refractivity contribution in [2.45, 2.75) is 32.8 Å². The highest BCUT2D eigenvalue weighted by Gasteiger charge is 2.08. The minimum atomic E-state index is -0.366. The van der Waals surface area contributed by atoms with Gasteiger partial charge in [-0.15, -0.1) is 10.2 Å². The average Bonchev–Trinajstić information content (AvgIpc) is 3.14. The summed E-state index contributed by atoms with van der Waals surface area (Å²) in [6.45, 7) is 5.80. The lowest BCUT2D eigenvalue weighted by molar-refractivity contribution is 0.220. The van der Waals surface area contributed by atoms with Crippen molar-refractivity contribution in [1.29, 1.82) is 0 Å². The van der Waals surface area contributed by atoms with Crippen LogP contribution >= 0.6 is 0 Å². The van der Waals surface area contributed by atoms with Crippen LogP contribution in [0.3, 0.4) is 0 Å². The molecule has 1 aromatic carbocycles. The molecule has 0 amide bonds. The van der Waals surface area contributed by atoms with Gasteiger partial charge in [0.25, 0.3) is 0 Å². The van der Waals surface area contributed by atoms with Crippen LogP contribution in [-0.4, -0.2) is 46.3 Å². The molecule has 0 saturated heterocycles. The van der Waals surface area contributed by atoms with E-state index in [9.17, 15) is 4.39 Å². The van der Waals surface area contributed by atoms with E-state index in [0.717, 1.165) is 37.4 Å². The molecule has 3 aromatic rings. The number of rotatable bonds is 9. The second-order valence-electron chi connectivity index (χ2n) is 6.65. The summed E-state index contributed by atoms with van der Waals surface area (Å²) in [7, 11) is 0. The van der Waals surface area contributed by atoms with Crippen molar-refractivity contribution in [1.82, 2.24) is 25.2 Å². The van der Waals surface area contributed by atoms with Gasteiger partial charge < -0.3 is 15.4 Å². The van der Waals surface area contributed by atoms with Crippen molar-refractivity contribution in [2.75, 3.05) is 19.6 Å². The van der Waals surface area contributed by atoms with Gasteiger partial charge in [0.15, 0.2) is 23.2 Å². The van der Waals surface area contributed by atoms with Gasteiger partial charge in [0, 0.05) is 25.7 Å². The fraction of sp³-hybridized carbons (Fsp3) is 0.381. The summed E-state index contributed by atoms with van der Waals surface area (Å²) in [6.07, 6.45) is 3.43. The van der Waals surface area contributed by atoms with Crippen LogP contribution in [0.15, 0.2) is 53.7 Å². The first kappa shape index (κ1) is 20.6. The summed E-state index contributed by atoms with van der Waals surface area (Å²) in [5.41, 5.74) is 0.856. The number of fused-ring (bicyclic) bond motifs is 1. The van der Waals surface area contributed by atoms with Crippen molar-refractivity contribution in [3.63, 3.8) is 0 Å². The van der Waals surface area contributed by atoms with E-state index in [4.69, 9.17) is 4.74 Å². The average molecular weight is 398 g/mol. The van der Waals surface area contributed by atoms with E-state index in [-0.39, 0.29) is 17.7 Å². The smallest absolute Gasteiger partial charge is 0.191 e. The van der Waals surface area contributed by atoms with Crippen molar-refractivity contribution >= 4 is 11.6 Å². The van der Waals surface area contributed by atoms with Crippen LogP contribution in [0, 0.1) is 5.82 Å². The molecule has 0 aliphatic carbocycles. The molecule has 0 saturated carbocycles. The topological polar surface area (TPSA) is 75.8 Å². The predicted octanol–water partition coefficient (Wildman–Crippen LogP) is 2.82. The molecule has 0 bridgehead atoms. The number of guanidine groups is 1. The van der Waals surface area contributed by atoms with Crippen molar-refractivity contribution < 1.29 is 9.13 Å². The first-order valence-corrected chi connectivity index (χ1v) is 9.89. The van der Waals surface area contributed by atoms with Gasteiger partial charge in [-0.1, -0.05) is 18.2 Å². The Balaban J connectivity index is 1.47. The third kappa shape index (κ3) is 5.91. The van der Waals surface area contributed by atoms with Crippen LogP contribution in [0.2, 0.25) is 0 Å². The van der Waals surface area contributed by atoms with Gasteiger partial charge >= 0.3 is 0 Å². The lowest BCUT2D eigenvalue weighted by Gasteiger charge is -2.15. The molecule has 0 fully saturated rings. The largest absolute Gasteiger partial charge is 0.486 e. The zero-order valence-corrected chi connectivity index (χ0v) is 16.8. The Kier molecular flexibility index (Phi) is 7.38. The molecule has 3 rings (SSSR count). The molecule has 0 aliphatic rings. The summed E-state index contributed by atoms with van der Waals surface area (Å²) in [6, 6.07) is 12.3. The highest BCUT2D eigenvalue weighted by molar-refractivity contribution is 5.79. The van der Waals surface area contributed by atoms with E-state index in [1.165, 1.54) is 6.07 Å². The number of halogens is 1. The predicted molar refractivity (Wildman–Crippen MR) is 112 cm³/mol. The van der Waals surface area contributed by atoms with Crippen LogP contribution in [-0.2, 0) is 6.42 Å². The number of benzene rings is 1. The Morgan fingerprint density at radius 2 is 2.00 bits per heavy atom. The van der Waals surface area contributed by atoms with Gasteiger partial charge in [-0.25, -0.2) is 9.38 Å². The molecule has 7 nitrogen and oxygen atoms in total. The Morgan fingerprint density at radius 3 is 2.83 bits per heavy atom. The molecule has 8 heteroatoms. The fourth-order valence-electron chi connectivity index (χ4n) is 2.87. The van der Waals surface area contributed by atoms with Crippen LogP contribution in [0.25, 0.3) is 5.65 Å². The summed E-state index contributed by atoms with van der Waals surface area (Å²) >= 11 is 0. The Hall–Kier alpha value is -3.16. The fourth-order valence-corrected chi connectivity index (χ4v) is 2.87. The molecule has 1 atom stereocenters. The van der Waals surface area contributed by atoms with Gasteiger partial charge in [0.1, 0.15) is 11.9 Å². The number of ether oxygens (including phenoxy) is 1. The van der Waals surface area contributed by atoms with Crippen LogP contribution in [0.4, 0.5) is 4.39 Å². The Labute approximate surface area is 170 Å². The van der Waals surface area contributed by atoms with Crippen molar-refractivity contribution in [2.24, 2.45) is 4.99 Å². The zero-order chi connectivity index (χ0) is 20.5. The number of aliphatic imine (C=N–C) groups is 1. The van der Waals surface area contributed by atoms with E-state index in [1.807, 2.05) is 42.6 Å². The van der Waals surface area contributed by atoms with Gasteiger partial charge in [0.05, 0.1) is 6.54 Å². The minimum absolute atomic E-state index is 0.244. The summed E-state index contributed by atoms with van der Waals surface area (Å²) in [4.78, 5) is 4.54. The normalized spacial score (nSPS) is 12.7. The molecular weight excluding hydrogens is 371 g/mol. The summed E-state index contributed by atoms with van der Waals surface area (Å²) < 4.78 is 21.3. The number of hydrogen-bond acceptors (Lipinski definition) is 4. The lowest BCUT2D eigenvalue weighted by atomic mass is 10.3. The maximum atomic E-state index is 13.7. The van der Waals surface area contributed by atoms with E-state index in [2.05, 4.69) is 25.8 Å². The summed E-state index contributed by atoms with van der Waals surface area (Å²) in [5, 5.41) is 14.9. The highest BCUT2D eigenvalue weighted by Crippen LogP contribution is 2.17. The molecule has 0 spiro atoms. The molecule has 2 N–H and O–H groups in total. The first-order chi connectivity index (χ1) is 14.2. The van der Waals surface area contributed by atoms with E-state index >= 15 is 0 Å². The number of pyridine rings is 1. The molecule has 0 aliphatic heterocycles. The molecular formula is C21H27FN6O. The van der Waals surface area contributed by atoms with Crippen molar-refractivity contribution in [3.05, 3.63) is 60.3 Å². The molecule has 2 heterocycles. The third-order valence-corrected chi connectivity index (χ3v) is 4.27. The number of aromatic nitrogens is 3. The number of para-hydroxylation sites is 1. The van der Waals surface area contributed by atoms with E-state index < -0.39 is 0 Å². The van der Waals surface area contributed by atoms with Crippen LogP contribution < -0.4 is 15.4 Å². The Bertz CT molecular complexity index is 942. The lowest BCUT2D eigenvalue weighted by Crippen LogP contribution is -2.38. The highest BCUT2D eigenvalue weighted by atomic mass is 19.1. The standard InChI is InChI=1S/C21H27FN6O/c1-3-23-21(25-15-16(2)29-18-10-5-4-9-17(18)22)24-13-8-12-20-27-26-19-11-6-7-14-28(19)20/h4-7,9-11,14,16H,3,8,12-13,15H2,1-2H3,(H2,23,24,25). The quantitative estimate of drug-likeness (QED) is 0.329. The maximum absolute atomic E-state index is 13.7. The Morgan fingerprint density at radius 1 is 1.17 bits per heavy atom. The first-order valence-electron chi connectivity index (χ1n) is 9.89. The minimum Gasteiger partial charge on any atom is -0.486 e. The van der Waals surface area contributed by atoms with Gasteiger partial charge in [-0.2, -0.15) is 0 Å². The maximum Gasteiger partial charge on any atom is 0.191 e. The number of aryl methyl sites for hydroxylation is 1. The molecule has 154 valence electrons. The number of nitrogens with one attached hydrogen (secondary N) is 2. The third-order valence-electron chi connectivity index (χ3n) is 4.27. The molecule has 2 aromatic heterocycles. The second-order valence-corrected chi connectivity index (χ2v) is 6.65. The van der Waals surface area contributed by atoms with E-state index in [0.29, 0.717) is 12.5 Å². The zero-order valence-electron chi connectivity index (χ0n) is 16.8. The van der Waals surface area contributed by atoms with E-state index in [1.54, 1.807) is 18.2 Å². The monoisotopic (exact) mass is 398 g/mol.